The Balaban J connectivity index is 1.34. The Morgan fingerprint density at radius 2 is 1.88 bits per heavy atom. The molecular formula is C25H24N4O3. The molecule has 0 aliphatic carbocycles. The highest BCUT2D eigenvalue weighted by Crippen LogP contribution is 2.22. The molecule has 0 spiro atoms. The summed E-state index contributed by atoms with van der Waals surface area (Å²) in [5.41, 5.74) is 6.53. The fraction of sp³-hybridized carbons (Fsp3) is 0.200. The van der Waals surface area contributed by atoms with Gasteiger partial charge in [-0.05, 0) is 59.9 Å². The van der Waals surface area contributed by atoms with Gasteiger partial charge in [0.25, 0.3) is 0 Å². The summed E-state index contributed by atoms with van der Waals surface area (Å²) in [6, 6.07) is 15.6. The predicted molar refractivity (Wildman–Crippen MR) is 123 cm³/mol. The van der Waals surface area contributed by atoms with E-state index >= 15 is 0 Å². The molecular weight excluding hydrogens is 404 g/mol. The smallest absolute Gasteiger partial charge is 0.407 e. The fourth-order valence-electron chi connectivity index (χ4n) is 3.66. The van der Waals surface area contributed by atoms with Gasteiger partial charge in [0.05, 0.1) is 24.0 Å². The number of rotatable bonds is 5. The summed E-state index contributed by atoms with van der Waals surface area (Å²) in [6.45, 7) is 2.79. The van der Waals surface area contributed by atoms with Gasteiger partial charge < -0.3 is 15.3 Å². The van der Waals surface area contributed by atoms with Gasteiger partial charge >= 0.3 is 6.09 Å². The van der Waals surface area contributed by atoms with Gasteiger partial charge in [-0.2, -0.15) is 0 Å². The highest BCUT2D eigenvalue weighted by Gasteiger charge is 2.17. The standard InChI is InChI=1S/C25H24N4O3/c1-17-14-21(8-11-26-17)19-4-2-18(3-5-19)15-24(30)28-22-6-7-23(27-16-22)20-9-12-29(13-10-20)25(31)32/h2-9,11,14,16H,10,12-13,15H2,1H3,(H,28,30)(H,31,32). The molecule has 2 N–H and O–H groups in total. The van der Waals surface area contributed by atoms with E-state index < -0.39 is 6.09 Å². The number of nitrogens with one attached hydrogen (secondary N) is 1. The second-order valence-electron chi connectivity index (χ2n) is 7.75. The van der Waals surface area contributed by atoms with Crippen LogP contribution in [0, 0.1) is 6.92 Å². The number of carboxylic acid groups (broad SMARTS) is 1. The molecule has 0 bridgehead atoms. The zero-order valence-electron chi connectivity index (χ0n) is 17.8. The molecule has 1 aliphatic heterocycles. The maximum absolute atomic E-state index is 12.4. The molecule has 2 aromatic heterocycles. The van der Waals surface area contributed by atoms with E-state index in [1.54, 1.807) is 12.4 Å². The number of anilines is 1. The number of hydrogen-bond donors (Lipinski definition) is 2. The molecule has 0 unspecified atom stereocenters. The first-order valence-corrected chi connectivity index (χ1v) is 10.4. The first kappa shape index (κ1) is 21.2. The number of aryl methyl sites for hydroxylation is 1. The maximum Gasteiger partial charge on any atom is 0.407 e. The molecule has 0 saturated heterocycles. The molecule has 7 heteroatoms. The lowest BCUT2D eigenvalue weighted by Crippen LogP contribution is -2.33. The first-order chi connectivity index (χ1) is 15.5. The summed E-state index contributed by atoms with van der Waals surface area (Å²) in [4.78, 5) is 33.5. The van der Waals surface area contributed by atoms with E-state index in [9.17, 15) is 9.59 Å². The van der Waals surface area contributed by atoms with Crippen molar-refractivity contribution in [3.63, 3.8) is 0 Å². The Morgan fingerprint density at radius 3 is 2.50 bits per heavy atom. The van der Waals surface area contributed by atoms with Crippen LogP contribution >= 0.6 is 0 Å². The lowest BCUT2D eigenvalue weighted by Gasteiger charge is -2.23. The number of aromatic nitrogens is 2. The van der Waals surface area contributed by atoms with Crippen molar-refractivity contribution < 1.29 is 14.7 Å². The molecule has 3 aromatic rings. The summed E-state index contributed by atoms with van der Waals surface area (Å²) < 4.78 is 0. The van der Waals surface area contributed by atoms with Crippen molar-refractivity contribution in [2.24, 2.45) is 0 Å². The van der Waals surface area contributed by atoms with E-state index in [1.165, 1.54) is 4.90 Å². The van der Waals surface area contributed by atoms with Gasteiger partial charge in [-0.1, -0.05) is 30.3 Å². The van der Waals surface area contributed by atoms with Crippen molar-refractivity contribution >= 4 is 23.3 Å². The zero-order valence-corrected chi connectivity index (χ0v) is 17.8. The lowest BCUT2D eigenvalue weighted by molar-refractivity contribution is -0.115. The number of amides is 2. The van der Waals surface area contributed by atoms with Crippen molar-refractivity contribution in [1.29, 1.82) is 0 Å². The van der Waals surface area contributed by atoms with Crippen molar-refractivity contribution in [2.45, 2.75) is 19.8 Å². The molecule has 1 aliphatic rings. The van der Waals surface area contributed by atoms with Gasteiger partial charge in [0.2, 0.25) is 5.91 Å². The largest absolute Gasteiger partial charge is 0.465 e. The normalized spacial score (nSPS) is 13.4. The fourth-order valence-corrected chi connectivity index (χ4v) is 3.66. The lowest BCUT2D eigenvalue weighted by atomic mass is 10.0. The van der Waals surface area contributed by atoms with Gasteiger partial charge in [-0.3, -0.25) is 14.8 Å². The van der Waals surface area contributed by atoms with Crippen molar-refractivity contribution in [3.05, 3.63) is 84.0 Å². The average molecular weight is 428 g/mol. The van der Waals surface area contributed by atoms with Crippen LogP contribution in [-0.4, -0.2) is 45.1 Å². The maximum atomic E-state index is 12.4. The molecule has 0 saturated carbocycles. The number of benzene rings is 1. The van der Waals surface area contributed by atoms with E-state index in [2.05, 4.69) is 15.3 Å². The van der Waals surface area contributed by atoms with Crippen LogP contribution in [0.1, 0.15) is 23.4 Å². The minimum Gasteiger partial charge on any atom is -0.465 e. The molecule has 4 rings (SSSR count). The van der Waals surface area contributed by atoms with E-state index in [0.717, 1.165) is 33.7 Å². The average Bonchev–Trinajstić information content (AvgIpc) is 2.80. The Kier molecular flexibility index (Phi) is 6.26. The minimum atomic E-state index is -0.909. The third kappa shape index (κ3) is 5.18. The third-order valence-electron chi connectivity index (χ3n) is 5.40. The van der Waals surface area contributed by atoms with E-state index in [-0.39, 0.29) is 12.3 Å². The summed E-state index contributed by atoms with van der Waals surface area (Å²) in [7, 11) is 0. The van der Waals surface area contributed by atoms with Crippen LogP contribution in [-0.2, 0) is 11.2 Å². The quantitative estimate of drug-likeness (QED) is 0.628. The second-order valence-corrected chi connectivity index (χ2v) is 7.75. The van der Waals surface area contributed by atoms with Gasteiger partial charge in [-0.15, -0.1) is 0 Å². The van der Waals surface area contributed by atoms with Crippen LogP contribution in [0.3, 0.4) is 0 Å². The van der Waals surface area contributed by atoms with Crippen molar-refractivity contribution in [1.82, 2.24) is 14.9 Å². The second kappa shape index (κ2) is 9.43. The number of carbonyl (C=O) groups excluding carboxylic acids is 1. The van der Waals surface area contributed by atoms with Crippen LogP contribution < -0.4 is 5.32 Å². The molecule has 3 heterocycles. The Bertz CT molecular complexity index is 1150. The summed E-state index contributed by atoms with van der Waals surface area (Å²) >= 11 is 0. The highest BCUT2D eigenvalue weighted by atomic mass is 16.4. The molecule has 1 aromatic carbocycles. The van der Waals surface area contributed by atoms with Crippen LogP contribution in [0.2, 0.25) is 0 Å². The number of nitrogens with zero attached hydrogens (tertiary/aromatic N) is 3. The number of carbonyl (C=O) groups is 2. The topological polar surface area (TPSA) is 95.4 Å². The monoisotopic (exact) mass is 428 g/mol. The Hall–Kier alpha value is -4.00. The number of hydrogen-bond acceptors (Lipinski definition) is 4. The Labute approximate surface area is 186 Å². The summed E-state index contributed by atoms with van der Waals surface area (Å²) in [6.07, 6.45) is 5.30. The van der Waals surface area contributed by atoms with Crippen LogP contribution in [0.15, 0.2) is 67.0 Å². The molecule has 0 atom stereocenters. The van der Waals surface area contributed by atoms with Crippen molar-refractivity contribution in [3.8, 4) is 11.1 Å². The van der Waals surface area contributed by atoms with Gasteiger partial charge in [0, 0.05) is 25.0 Å². The third-order valence-corrected chi connectivity index (χ3v) is 5.40. The molecule has 32 heavy (non-hydrogen) atoms. The molecule has 0 radical (unpaired) electrons. The SMILES string of the molecule is Cc1cc(-c2ccc(CC(=O)Nc3ccc(C4=CCN(C(=O)O)CC4)nc3)cc2)ccn1. The van der Waals surface area contributed by atoms with Crippen LogP contribution in [0.25, 0.3) is 16.7 Å². The van der Waals surface area contributed by atoms with Crippen LogP contribution in [0.5, 0.6) is 0 Å². The highest BCUT2D eigenvalue weighted by molar-refractivity contribution is 5.92. The van der Waals surface area contributed by atoms with Crippen molar-refractivity contribution in [2.75, 3.05) is 18.4 Å². The van der Waals surface area contributed by atoms with Gasteiger partial charge in [-0.25, -0.2) is 4.79 Å². The summed E-state index contributed by atoms with van der Waals surface area (Å²) in [5.74, 6) is -0.110. The molecule has 0 fully saturated rings. The Morgan fingerprint density at radius 1 is 1.06 bits per heavy atom. The van der Waals surface area contributed by atoms with E-state index in [0.29, 0.717) is 25.2 Å². The molecule has 7 nitrogen and oxygen atoms in total. The molecule has 162 valence electrons. The zero-order chi connectivity index (χ0) is 22.5. The van der Waals surface area contributed by atoms with E-state index in [1.807, 2.05) is 61.5 Å². The number of pyridine rings is 2. The summed E-state index contributed by atoms with van der Waals surface area (Å²) in [5, 5.41) is 11.9. The predicted octanol–water partition coefficient (Wildman–Crippen LogP) is 4.40. The first-order valence-electron chi connectivity index (χ1n) is 10.4. The minimum absolute atomic E-state index is 0.110. The molecule has 2 amide bonds. The van der Waals surface area contributed by atoms with E-state index in [4.69, 9.17) is 5.11 Å². The van der Waals surface area contributed by atoms with Crippen LogP contribution in [0.4, 0.5) is 10.5 Å². The van der Waals surface area contributed by atoms with Gasteiger partial charge in [0.1, 0.15) is 0 Å². The van der Waals surface area contributed by atoms with Gasteiger partial charge in [0.15, 0.2) is 0 Å².